The lowest BCUT2D eigenvalue weighted by Gasteiger charge is -2.15. The van der Waals surface area contributed by atoms with Crippen LogP contribution >= 0.6 is 15.9 Å². The molecule has 0 aliphatic carbocycles. The molecule has 5 nitrogen and oxygen atoms in total. The molecular weight excluding hydrogens is 324 g/mol. The molecule has 1 rings (SSSR count). The minimum Gasteiger partial charge on any atom is -0.480 e. The first-order valence-electron chi connectivity index (χ1n) is 6.50. The summed E-state index contributed by atoms with van der Waals surface area (Å²) in [6, 6.07) is 4.04. The van der Waals surface area contributed by atoms with Crippen molar-refractivity contribution in [3.8, 4) is 0 Å². The average molecular weight is 343 g/mol. The number of nitrogens with one attached hydrogen (secondary N) is 2. The molecule has 0 unspecified atom stereocenters. The number of carbonyl (C=O) groups excluding carboxylic acids is 1. The van der Waals surface area contributed by atoms with Gasteiger partial charge >= 0.3 is 12.0 Å². The second-order valence-corrected chi connectivity index (χ2v) is 5.45. The third-order valence-electron chi connectivity index (χ3n) is 2.88. The number of unbranched alkanes of at least 4 members (excludes halogenated alkanes) is 1. The van der Waals surface area contributed by atoms with Crippen molar-refractivity contribution in [2.24, 2.45) is 0 Å². The predicted molar refractivity (Wildman–Crippen MR) is 82.0 cm³/mol. The zero-order valence-corrected chi connectivity index (χ0v) is 13.2. The maximum absolute atomic E-state index is 11.8. The van der Waals surface area contributed by atoms with Crippen LogP contribution in [0.3, 0.4) is 0 Å². The topological polar surface area (TPSA) is 78.4 Å². The summed E-state index contributed by atoms with van der Waals surface area (Å²) >= 11 is 3.38. The number of carboxylic acid groups (broad SMARTS) is 1. The monoisotopic (exact) mass is 342 g/mol. The highest BCUT2D eigenvalue weighted by molar-refractivity contribution is 9.10. The molecule has 0 bridgehead atoms. The van der Waals surface area contributed by atoms with E-state index in [9.17, 15) is 9.59 Å². The van der Waals surface area contributed by atoms with Gasteiger partial charge in [-0.1, -0.05) is 41.8 Å². The number of anilines is 1. The van der Waals surface area contributed by atoms with Crippen LogP contribution in [-0.2, 0) is 4.79 Å². The first kappa shape index (κ1) is 16.5. The standard InChI is InChI=1S/C14H19BrN2O3/c1-3-4-5-12(13(18)19)17-14(20)16-10-7-6-9(2)11(15)8-10/h6-8,12H,3-5H2,1-2H3,(H,18,19)(H2,16,17,20)/t12-/m0/s1. The molecule has 6 heteroatoms. The van der Waals surface area contributed by atoms with E-state index in [1.807, 2.05) is 19.9 Å². The van der Waals surface area contributed by atoms with Crippen LogP contribution in [0.2, 0.25) is 0 Å². The van der Waals surface area contributed by atoms with Gasteiger partial charge in [-0.05, 0) is 31.0 Å². The Labute approximate surface area is 126 Å². The first-order valence-corrected chi connectivity index (χ1v) is 7.29. The minimum absolute atomic E-state index is 0.427. The van der Waals surface area contributed by atoms with E-state index < -0.39 is 18.0 Å². The summed E-state index contributed by atoms with van der Waals surface area (Å²) in [6.45, 7) is 3.92. The Morgan fingerprint density at radius 3 is 2.65 bits per heavy atom. The van der Waals surface area contributed by atoms with Crippen molar-refractivity contribution in [1.82, 2.24) is 5.32 Å². The Morgan fingerprint density at radius 2 is 2.10 bits per heavy atom. The number of aliphatic carboxylic acids is 1. The number of amides is 2. The number of carboxylic acids is 1. The molecule has 0 saturated carbocycles. The van der Waals surface area contributed by atoms with Crippen molar-refractivity contribution in [3.63, 3.8) is 0 Å². The lowest BCUT2D eigenvalue weighted by atomic mass is 10.1. The summed E-state index contributed by atoms with van der Waals surface area (Å²) < 4.78 is 0.885. The molecular formula is C14H19BrN2O3. The second kappa shape index (κ2) is 7.89. The van der Waals surface area contributed by atoms with E-state index in [4.69, 9.17) is 5.11 Å². The number of hydrogen-bond acceptors (Lipinski definition) is 2. The summed E-state index contributed by atoms with van der Waals surface area (Å²) in [5.41, 5.74) is 1.67. The molecule has 0 spiro atoms. The van der Waals surface area contributed by atoms with Gasteiger partial charge in [-0.3, -0.25) is 0 Å². The van der Waals surface area contributed by atoms with Gasteiger partial charge in [-0.15, -0.1) is 0 Å². The zero-order valence-electron chi connectivity index (χ0n) is 11.6. The lowest BCUT2D eigenvalue weighted by molar-refractivity contribution is -0.139. The fraction of sp³-hybridized carbons (Fsp3) is 0.429. The largest absolute Gasteiger partial charge is 0.480 e. The van der Waals surface area contributed by atoms with Crippen LogP contribution in [-0.4, -0.2) is 23.1 Å². The Morgan fingerprint density at radius 1 is 1.40 bits per heavy atom. The molecule has 110 valence electrons. The summed E-state index contributed by atoms with van der Waals surface area (Å²) in [5, 5.41) is 14.1. The maximum Gasteiger partial charge on any atom is 0.326 e. The number of hydrogen-bond donors (Lipinski definition) is 3. The van der Waals surface area contributed by atoms with Gasteiger partial charge < -0.3 is 15.7 Å². The smallest absolute Gasteiger partial charge is 0.326 e. The van der Waals surface area contributed by atoms with Gasteiger partial charge in [0.25, 0.3) is 0 Å². The van der Waals surface area contributed by atoms with Gasteiger partial charge in [0.05, 0.1) is 0 Å². The fourth-order valence-electron chi connectivity index (χ4n) is 1.66. The fourth-order valence-corrected chi connectivity index (χ4v) is 2.04. The molecule has 0 saturated heterocycles. The minimum atomic E-state index is -1.02. The molecule has 1 aromatic carbocycles. The van der Waals surface area contributed by atoms with Crippen LogP contribution in [0.1, 0.15) is 31.7 Å². The normalized spacial score (nSPS) is 11.8. The number of aryl methyl sites for hydroxylation is 1. The van der Waals surface area contributed by atoms with E-state index in [-0.39, 0.29) is 0 Å². The molecule has 20 heavy (non-hydrogen) atoms. The van der Waals surface area contributed by atoms with Crippen molar-refractivity contribution < 1.29 is 14.7 Å². The lowest BCUT2D eigenvalue weighted by Crippen LogP contribution is -2.42. The zero-order chi connectivity index (χ0) is 15.1. The maximum atomic E-state index is 11.8. The molecule has 0 fully saturated rings. The Balaban J connectivity index is 2.60. The number of rotatable bonds is 6. The summed E-state index contributed by atoms with van der Waals surface area (Å²) in [6.07, 6.45) is 2.07. The molecule has 3 N–H and O–H groups in total. The quantitative estimate of drug-likeness (QED) is 0.739. The van der Waals surface area contributed by atoms with Crippen molar-refractivity contribution in [2.45, 2.75) is 39.2 Å². The first-order chi connectivity index (χ1) is 9.43. The van der Waals surface area contributed by atoms with Crippen LogP contribution in [0.4, 0.5) is 10.5 Å². The van der Waals surface area contributed by atoms with Crippen LogP contribution < -0.4 is 10.6 Å². The average Bonchev–Trinajstić information content (AvgIpc) is 2.38. The van der Waals surface area contributed by atoms with Crippen molar-refractivity contribution >= 4 is 33.6 Å². The molecule has 1 atom stereocenters. The summed E-state index contributed by atoms with van der Waals surface area (Å²) in [5.74, 6) is -1.02. The highest BCUT2D eigenvalue weighted by atomic mass is 79.9. The van der Waals surface area contributed by atoms with Gasteiger partial charge in [-0.2, -0.15) is 0 Å². The van der Waals surface area contributed by atoms with Crippen LogP contribution in [0.15, 0.2) is 22.7 Å². The van der Waals surface area contributed by atoms with Gasteiger partial charge in [0, 0.05) is 10.2 Å². The molecule has 0 aliphatic heterocycles. The Kier molecular flexibility index (Phi) is 6.51. The number of halogens is 1. The van der Waals surface area contributed by atoms with Crippen LogP contribution in [0.5, 0.6) is 0 Å². The van der Waals surface area contributed by atoms with Gasteiger partial charge in [0.2, 0.25) is 0 Å². The number of benzene rings is 1. The van der Waals surface area contributed by atoms with E-state index in [1.165, 1.54) is 0 Å². The summed E-state index contributed by atoms with van der Waals surface area (Å²) in [7, 11) is 0. The van der Waals surface area contributed by atoms with Crippen molar-refractivity contribution in [2.75, 3.05) is 5.32 Å². The number of urea groups is 1. The third kappa shape index (κ3) is 5.21. The molecule has 1 aromatic rings. The van der Waals surface area contributed by atoms with E-state index in [0.717, 1.165) is 22.9 Å². The van der Waals surface area contributed by atoms with Crippen molar-refractivity contribution in [3.05, 3.63) is 28.2 Å². The van der Waals surface area contributed by atoms with E-state index in [1.54, 1.807) is 12.1 Å². The van der Waals surface area contributed by atoms with E-state index in [2.05, 4.69) is 26.6 Å². The van der Waals surface area contributed by atoms with Crippen molar-refractivity contribution in [1.29, 1.82) is 0 Å². The molecule has 0 aromatic heterocycles. The molecule has 0 heterocycles. The van der Waals surface area contributed by atoms with Gasteiger partial charge in [0.1, 0.15) is 6.04 Å². The molecule has 0 aliphatic rings. The van der Waals surface area contributed by atoms with Gasteiger partial charge in [-0.25, -0.2) is 9.59 Å². The predicted octanol–water partition coefficient (Wildman–Crippen LogP) is 3.52. The number of carbonyl (C=O) groups is 2. The third-order valence-corrected chi connectivity index (χ3v) is 3.73. The highest BCUT2D eigenvalue weighted by Crippen LogP contribution is 2.20. The van der Waals surface area contributed by atoms with Crippen LogP contribution in [0.25, 0.3) is 0 Å². The Bertz CT molecular complexity index is 491. The van der Waals surface area contributed by atoms with E-state index in [0.29, 0.717) is 12.1 Å². The van der Waals surface area contributed by atoms with Gasteiger partial charge in [0.15, 0.2) is 0 Å². The molecule has 0 radical (unpaired) electrons. The second-order valence-electron chi connectivity index (χ2n) is 4.60. The van der Waals surface area contributed by atoms with Crippen LogP contribution in [0, 0.1) is 6.92 Å². The summed E-state index contributed by atoms with van der Waals surface area (Å²) in [4.78, 5) is 22.8. The van der Waals surface area contributed by atoms with E-state index >= 15 is 0 Å². The molecule has 2 amide bonds. The SMILES string of the molecule is CCCC[C@H](NC(=O)Nc1ccc(C)c(Br)c1)C(=O)O. The highest BCUT2D eigenvalue weighted by Gasteiger charge is 2.19. The Hall–Kier alpha value is -1.56.